The number of hydrogen-bond donors (Lipinski definition) is 2. The monoisotopic (exact) mass is 545 g/mol. The van der Waals surface area contributed by atoms with Crippen LogP contribution in [0.5, 0.6) is 5.75 Å². The number of nitrogens with one attached hydrogen (secondary N) is 1. The van der Waals surface area contributed by atoms with E-state index in [1.165, 1.54) is 11.1 Å². The van der Waals surface area contributed by atoms with Gasteiger partial charge < -0.3 is 24.5 Å². The van der Waals surface area contributed by atoms with Crippen LogP contribution in [0.25, 0.3) is 17.2 Å². The summed E-state index contributed by atoms with van der Waals surface area (Å²) in [4.78, 5) is 12.9. The highest BCUT2D eigenvalue weighted by Gasteiger charge is 2.52. The molecule has 0 aromatic heterocycles. The number of phenols is 1. The number of ether oxygens (including phenoxy) is 1. The van der Waals surface area contributed by atoms with Gasteiger partial charge in [0.1, 0.15) is 12.4 Å². The average Bonchev–Trinajstić information content (AvgIpc) is 3.32. The fourth-order valence-electron chi connectivity index (χ4n) is 5.08. The van der Waals surface area contributed by atoms with Crippen LogP contribution in [0.15, 0.2) is 66.1 Å². The normalized spacial score (nSPS) is 17.6. The molecule has 0 saturated carbocycles. The van der Waals surface area contributed by atoms with E-state index in [2.05, 4.69) is 29.6 Å². The molecule has 8 heteroatoms. The van der Waals surface area contributed by atoms with Crippen LogP contribution >= 0.6 is 11.6 Å². The SMILES string of the molecule is Cc1cc(C=C(CNC(=O)OCC2c3ccccc3-c3ccccc32)B2OC(C)(C)C(C)(C)O2)cc(Cl)c1O. The molecule has 0 bridgehead atoms. The molecule has 0 spiro atoms. The summed E-state index contributed by atoms with van der Waals surface area (Å²) >= 11 is 6.22. The first kappa shape index (κ1) is 27.3. The maximum absolute atomic E-state index is 12.9. The number of fused-ring (bicyclic) bond motifs is 3. The quantitative estimate of drug-likeness (QED) is 0.329. The van der Waals surface area contributed by atoms with E-state index in [-0.39, 0.29) is 29.8 Å². The summed E-state index contributed by atoms with van der Waals surface area (Å²) in [6.45, 7) is 10.1. The van der Waals surface area contributed by atoms with Gasteiger partial charge in [0.25, 0.3) is 0 Å². The summed E-state index contributed by atoms with van der Waals surface area (Å²) in [5, 5.41) is 13.2. The van der Waals surface area contributed by atoms with Gasteiger partial charge in [0.05, 0.1) is 16.2 Å². The molecule has 2 N–H and O–H groups in total. The first-order valence-corrected chi connectivity index (χ1v) is 13.5. The fourth-order valence-corrected chi connectivity index (χ4v) is 5.36. The third-order valence-corrected chi connectivity index (χ3v) is 8.25. The molecule has 202 valence electrons. The molecule has 1 aliphatic heterocycles. The molecule has 1 amide bonds. The molecule has 2 aliphatic rings. The molecular weight excluding hydrogens is 513 g/mol. The lowest BCUT2D eigenvalue weighted by atomic mass is 9.77. The zero-order valence-corrected chi connectivity index (χ0v) is 23.6. The molecule has 0 unspecified atom stereocenters. The van der Waals surface area contributed by atoms with Crippen LogP contribution in [0.2, 0.25) is 5.02 Å². The molecule has 3 aromatic rings. The van der Waals surface area contributed by atoms with Crippen LogP contribution in [0.1, 0.15) is 55.9 Å². The van der Waals surface area contributed by atoms with Gasteiger partial charge in [-0.15, -0.1) is 0 Å². The lowest BCUT2D eigenvalue weighted by molar-refractivity contribution is 0.00578. The molecule has 39 heavy (non-hydrogen) atoms. The topological polar surface area (TPSA) is 77.0 Å². The summed E-state index contributed by atoms with van der Waals surface area (Å²) < 4.78 is 18.3. The molecular formula is C31H33BClNO5. The Morgan fingerprint density at radius 3 is 2.15 bits per heavy atom. The van der Waals surface area contributed by atoms with Gasteiger partial charge in [-0.1, -0.05) is 66.2 Å². The first-order valence-electron chi connectivity index (χ1n) is 13.1. The number of phenolic OH excluding ortho intramolecular Hbond substituents is 1. The van der Waals surface area contributed by atoms with Gasteiger partial charge in [-0.2, -0.15) is 0 Å². The van der Waals surface area contributed by atoms with Gasteiger partial charge >= 0.3 is 13.2 Å². The predicted octanol–water partition coefficient (Wildman–Crippen LogP) is 6.91. The molecule has 6 nitrogen and oxygen atoms in total. The van der Waals surface area contributed by atoms with Crippen molar-refractivity contribution in [1.82, 2.24) is 5.32 Å². The molecule has 1 aliphatic carbocycles. The minimum atomic E-state index is -0.684. The molecule has 1 fully saturated rings. The lowest BCUT2D eigenvalue weighted by Gasteiger charge is -2.32. The lowest BCUT2D eigenvalue weighted by Crippen LogP contribution is -2.41. The van der Waals surface area contributed by atoms with Crippen molar-refractivity contribution in [3.63, 3.8) is 0 Å². The number of amides is 1. The van der Waals surface area contributed by atoms with Crippen molar-refractivity contribution < 1.29 is 23.9 Å². The van der Waals surface area contributed by atoms with E-state index in [4.69, 9.17) is 25.6 Å². The second-order valence-electron chi connectivity index (χ2n) is 11.2. The Morgan fingerprint density at radius 2 is 1.59 bits per heavy atom. The van der Waals surface area contributed by atoms with Crippen molar-refractivity contribution in [2.75, 3.05) is 13.2 Å². The second-order valence-corrected chi connectivity index (χ2v) is 11.6. The van der Waals surface area contributed by atoms with Gasteiger partial charge in [0.15, 0.2) is 0 Å². The Balaban J connectivity index is 1.32. The summed E-state index contributed by atoms with van der Waals surface area (Å²) in [6, 6.07) is 19.9. The minimum absolute atomic E-state index is 0.0247. The van der Waals surface area contributed by atoms with E-state index in [0.29, 0.717) is 11.0 Å². The van der Waals surface area contributed by atoms with E-state index in [1.54, 1.807) is 13.0 Å². The Hall–Kier alpha value is -3.26. The van der Waals surface area contributed by atoms with E-state index < -0.39 is 24.4 Å². The highest BCUT2D eigenvalue weighted by Crippen LogP contribution is 2.44. The van der Waals surface area contributed by atoms with Crippen LogP contribution in [0, 0.1) is 6.92 Å². The van der Waals surface area contributed by atoms with Gasteiger partial charge in [0, 0.05) is 12.5 Å². The van der Waals surface area contributed by atoms with Crippen molar-refractivity contribution >= 4 is 30.9 Å². The number of aromatic hydroxyl groups is 1. The fraction of sp³-hybridized carbons (Fsp3) is 0.323. The number of carbonyl (C=O) groups excluding carboxylic acids is 1. The molecule has 0 radical (unpaired) electrons. The van der Waals surface area contributed by atoms with Gasteiger partial charge in [-0.3, -0.25) is 0 Å². The van der Waals surface area contributed by atoms with Crippen molar-refractivity contribution in [3.05, 3.63) is 93.4 Å². The van der Waals surface area contributed by atoms with Crippen molar-refractivity contribution in [2.24, 2.45) is 0 Å². The average molecular weight is 546 g/mol. The molecule has 0 atom stereocenters. The van der Waals surface area contributed by atoms with E-state index in [1.807, 2.05) is 64.1 Å². The number of carbonyl (C=O) groups is 1. The summed E-state index contributed by atoms with van der Waals surface area (Å²) in [5.74, 6) is 0.0196. The number of rotatable bonds is 6. The smallest absolute Gasteiger partial charge is 0.492 e. The first-order chi connectivity index (χ1) is 18.5. The highest BCUT2D eigenvalue weighted by atomic mass is 35.5. The number of halogens is 1. The maximum atomic E-state index is 12.9. The number of aryl methyl sites for hydroxylation is 1. The van der Waals surface area contributed by atoms with Crippen molar-refractivity contribution in [2.45, 2.75) is 51.7 Å². The Kier molecular flexibility index (Phi) is 7.27. The third-order valence-electron chi connectivity index (χ3n) is 7.96. The summed E-state index contributed by atoms with van der Waals surface area (Å²) in [5.41, 5.74) is 5.66. The van der Waals surface area contributed by atoms with E-state index >= 15 is 0 Å². The molecule has 1 saturated heterocycles. The van der Waals surface area contributed by atoms with Crippen LogP contribution in [0.4, 0.5) is 4.79 Å². The zero-order chi connectivity index (χ0) is 27.9. The number of alkyl carbamates (subject to hydrolysis) is 1. The van der Waals surface area contributed by atoms with Crippen LogP contribution in [0.3, 0.4) is 0 Å². The van der Waals surface area contributed by atoms with Crippen LogP contribution < -0.4 is 5.32 Å². The highest BCUT2D eigenvalue weighted by molar-refractivity contribution is 6.56. The Morgan fingerprint density at radius 1 is 1.03 bits per heavy atom. The summed E-state index contributed by atoms with van der Waals surface area (Å²) in [7, 11) is -0.684. The van der Waals surface area contributed by atoms with Crippen molar-refractivity contribution in [3.8, 4) is 16.9 Å². The zero-order valence-electron chi connectivity index (χ0n) is 22.9. The number of benzene rings is 3. The number of hydrogen-bond acceptors (Lipinski definition) is 5. The van der Waals surface area contributed by atoms with Crippen LogP contribution in [-0.2, 0) is 14.0 Å². The minimum Gasteiger partial charge on any atom is -0.506 e. The Labute approximate surface area is 235 Å². The van der Waals surface area contributed by atoms with Gasteiger partial charge in [0.2, 0.25) is 0 Å². The van der Waals surface area contributed by atoms with Gasteiger partial charge in [-0.25, -0.2) is 4.79 Å². The third kappa shape index (κ3) is 5.31. The molecule has 5 rings (SSSR count). The molecule has 1 heterocycles. The summed E-state index contributed by atoms with van der Waals surface area (Å²) in [6.07, 6.45) is 1.34. The van der Waals surface area contributed by atoms with E-state index in [9.17, 15) is 9.90 Å². The largest absolute Gasteiger partial charge is 0.506 e. The standard InChI is InChI=1S/C31H33BClNO5/c1-19-14-20(16-27(33)28(19)35)15-21(32-38-30(2,3)31(4,5)39-32)17-34-29(36)37-18-26-24-12-8-6-10-22(24)23-11-7-9-13-25(23)26/h6-16,26,35H,17-18H2,1-5H3,(H,34,36). The Bertz CT molecular complexity index is 1370. The van der Waals surface area contributed by atoms with Gasteiger partial charge in [-0.05, 0) is 85.6 Å². The van der Waals surface area contributed by atoms with Crippen LogP contribution in [-0.4, -0.2) is 42.7 Å². The van der Waals surface area contributed by atoms with Crippen molar-refractivity contribution in [1.29, 1.82) is 0 Å². The van der Waals surface area contributed by atoms with E-state index in [0.717, 1.165) is 16.7 Å². The predicted molar refractivity (Wildman–Crippen MR) is 155 cm³/mol. The second kappa shape index (κ2) is 10.4. The molecule has 3 aromatic carbocycles. The maximum Gasteiger partial charge on any atom is 0.492 e.